The summed E-state index contributed by atoms with van der Waals surface area (Å²) >= 11 is 1.39. The Balaban J connectivity index is 1.86. The molecule has 2 aromatic rings. The van der Waals surface area contributed by atoms with E-state index in [1.807, 2.05) is 47.9 Å². The predicted molar refractivity (Wildman–Crippen MR) is 91.1 cm³/mol. The molecular formula is C18H19NO2S. The maximum Gasteiger partial charge on any atom is 0.227 e. The van der Waals surface area contributed by atoms with Gasteiger partial charge in [0, 0.05) is 13.6 Å². The summed E-state index contributed by atoms with van der Waals surface area (Å²) in [5, 5.41) is 1.88. The fourth-order valence-electron chi connectivity index (χ4n) is 1.98. The van der Waals surface area contributed by atoms with Gasteiger partial charge in [-0.05, 0) is 29.5 Å². The van der Waals surface area contributed by atoms with Crippen LogP contribution in [0.3, 0.4) is 0 Å². The largest absolute Gasteiger partial charge is 0.342 e. The Hall–Kier alpha value is -2.20. The third kappa shape index (κ3) is 4.67. The second kappa shape index (κ2) is 7.71. The Morgan fingerprint density at radius 1 is 1.23 bits per heavy atom. The lowest BCUT2D eigenvalue weighted by Gasteiger charge is -2.14. The van der Waals surface area contributed by atoms with E-state index in [0.717, 1.165) is 11.1 Å². The van der Waals surface area contributed by atoms with E-state index in [2.05, 4.69) is 0 Å². The highest BCUT2D eigenvalue weighted by Gasteiger charge is 2.11. The van der Waals surface area contributed by atoms with Gasteiger partial charge in [-0.1, -0.05) is 42.5 Å². The third-order valence-electron chi connectivity index (χ3n) is 3.27. The Morgan fingerprint density at radius 2 is 1.95 bits per heavy atom. The first kappa shape index (κ1) is 16.2. The van der Waals surface area contributed by atoms with Crippen LogP contribution >= 0.6 is 11.3 Å². The molecule has 0 atom stereocenters. The molecule has 22 heavy (non-hydrogen) atoms. The average Bonchev–Trinajstić information content (AvgIpc) is 2.97. The van der Waals surface area contributed by atoms with E-state index in [9.17, 15) is 9.59 Å². The van der Waals surface area contributed by atoms with Crippen LogP contribution in [-0.2, 0) is 11.2 Å². The normalized spacial score (nSPS) is 10.8. The smallest absolute Gasteiger partial charge is 0.227 e. The van der Waals surface area contributed by atoms with Gasteiger partial charge in [-0.15, -0.1) is 11.3 Å². The quantitative estimate of drug-likeness (QED) is 0.763. The van der Waals surface area contributed by atoms with E-state index in [1.165, 1.54) is 18.3 Å². The van der Waals surface area contributed by atoms with E-state index in [0.29, 0.717) is 17.8 Å². The van der Waals surface area contributed by atoms with E-state index < -0.39 is 0 Å². The van der Waals surface area contributed by atoms with Crippen molar-refractivity contribution in [1.29, 1.82) is 0 Å². The highest BCUT2D eigenvalue weighted by Crippen LogP contribution is 2.16. The number of amides is 1. The summed E-state index contributed by atoms with van der Waals surface area (Å²) < 4.78 is 0. The predicted octanol–water partition coefficient (Wildman–Crippen LogP) is 3.67. The summed E-state index contributed by atoms with van der Waals surface area (Å²) in [5.41, 5.74) is 2.02. The van der Waals surface area contributed by atoms with Gasteiger partial charge in [0.2, 0.25) is 5.91 Å². The molecule has 0 spiro atoms. The van der Waals surface area contributed by atoms with Gasteiger partial charge in [-0.2, -0.15) is 0 Å². The zero-order chi connectivity index (χ0) is 15.9. The van der Waals surface area contributed by atoms with Crippen molar-refractivity contribution in [2.75, 3.05) is 13.6 Å². The van der Waals surface area contributed by atoms with Gasteiger partial charge >= 0.3 is 0 Å². The third-order valence-corrected chi connectivity index (χ3v) is 4.35. The molecule has 0 N–H and O–H groups in total. The molecule has 0 bridgehead atoms. The molecule has 2 rings (SSSR count). The molecule has 0 radical (unpaired) electrons. The molecule has 0 aliphatic carbocycles. The van der Waals surface area contributed by atoms with Crippen LogP contribution in [0.2, 0.25) is 0 Å². The minimum Gasteiger partial charge on any atom is -0.342 e. The van der Waals surface area contributed by atoms with Gasteiger partial charge in [-0.25, -0.2) is 0 Å². The number of rotatable bonds is 6. The van der Waals surface area contributed by atoms with Crippen LogP contribution in [0.4, 0.5) is 0 Å². The van der Waals surface area contributed by atoms with Gasteiger partial charge in [0.25, 0.3) is 0 Å². The lowest BCUT2D eigenvalue weighted by atomic mass is 10.2. The summed E-state index contributed by atoms with van der Waals surface area (Å²) in [5.74, 6) is 0.0912. The van der Waals surface area contributed by atoms with Gasteiger partial charge < -0.3 is 4.90 Å². The minimum atomic E-state index is 0.0443. The van der Waals surface area contributed by atoms with Crippen molar-refractivity contribution >= 4 is 29.1 Å². The number of nitrogens with zero attached hydrogens (tertiary/aromatic N) is 1. The van der Waals surface area contributed by atoms with E-state index in [-0.39, 0.29) is 11.7 Å². The molecule has 0 unspecified atom stereocenters. The van der Waals surface area contributed by atoms with Crippen LogP contribution in [0.25, 0.3) is 6.08 Å². The number of hydrogen-bond donors (Lipinski definition) is 0. The zero-order valence-corrected chi connectivity index (χ0v) is 13.6. The van der Waals surface area contributed by atoms with Crippen LogP contribution in [0.5, 0.6) is 0 Å². The summed E-state index contributed by atoms with van der Waals surface area (Å²) in [6, 6.07) is 11.8. The molecular weight excluding hydrogens is 294 g/mol. The summed E-state index contributed by atoms with van der Waals surface area (Å²) in [6.07, 6.45) is 4.31. The van der Waals surface area contributed by atoms with Crippen LogP contribution < -0.4 is 0 Å². The molecule has 3 nitrogen and oxygen atoms in total. The van der Waals surface area contributed by atoms with Crippen LogP contribution in [-0.4, -0.2) is 30.2 Å². The van der Waals surface area contributed by atoms with Gasteiger partial charge in [0.1, 0.15) is 0 Å². The van der Waals surface area contributed by atoms with Crippen molar-refractivity contribution in [3.8, 4) is 0 Å². The van der Waals surface area contributed by atoms with Crippen molar-refractivity contribution in [2.24, 2.45) is 0 Å². The summed E-state index contributed by atoms with van der Waals surface area (Å²) in [4.78, 5) is 25.8. The summed E-state index contributed by atoms with van der Waals surface area (Å²) in [7, 11) is 1.79. The number of carbonyl (C=O) groups is 2. The van der Waals surface area contributed by atoms with Crippen molar-refractivity contribution in [3.05, 3.63) is 63.9 Å². The van der Waals surface area contributed by atoms with E-state index in [1.54, 1.807) is 18.0 Å². The number of thiophene rings is 1. The minimum absolute atomic E-state index is 0.0443. The summed E-state index contributed by atoms with van der Waals surface area (Å²) in [6.45, 7) is 2.11. The first-order valence-corrected chi connectivity index (χ1v) is 7.98. The number of likely N-dealkylation sites (N-methyl/N-ethyl adjacent to an activating group) is 1. The van der Waals surface area contributed by atoms with Crippen molar-refractivity contribution < 1.29 is 9.59 Å². The maximum atomic E-state index is 12.1. The molecule has 4 heteroatoms. The first-order valence-electron chi connectivity index (χ1n) is 7.10. The lowest BCUT2D eigenvalue weighted by Crippen LogP contribution is -2.28. The molecule has 0 saturated heterocycles. The fraction of sp³-hybridized carbons (Fsp3) is 0.222. The monoisotopic (exact) mass is 313 g/mol. The number of carbonyl (C=O) groups excluding carboxylic acids is 2. The molecule has 114 valence electrons. The lowest BCUT2D eigenvalue weighted by molar-refractivity contribution is -0.128. The molecule has 0 aliphatic heterocycles. The molecule has 0 aliphatic rings. The number of hydrogen-bond acceptors (Lipinski definition) is 3. The Kier molecular flexibility index (Phi) is 5.67. The van der Waals surface area contributed by atoms with Crippen molar-refractivity contribution in [3.63, 3.8) is 0 Å². The Labute approximate surface area is 134 Å². The number of ketones is 1. The van der Waals surface area contributed by atoms with Crippen molar-refractivity contribution in [2.45, 2.75) is 13.3 Å². The number of benzene rings is 1. The number of Topliss-reactive ketones (excluding diaryl/α,β-unsaturated/α-hetero) is 1. The standard InChI is InChI=1S/C18H19NO2S/c1-14(20)17-11-16(13-22-17)12-18(21)19(2)10-6-9-15-7-4-3-5-8-15/h3-9,11,13H,10,12H2,1-2H3. The van der Waals surface area contributed by atoms with Crippen LogP contribution in [0.15, 0.2) is 47.9 Å². The van der Waals surface area contributed by atoms with Gasteiger partial charge in [-0.3, -0.25) is 9.59 Å². The van der Waals surface area contributed by atoms with Gasteiger partial charge in [0.15, 0.2) is 5.78 Å². The zero-order valence-electron chi connectivity index (χ0n) is 12.8. The first-order chi connectivity index (χ1) is 10.6. The fourth-order valence-corrected chi connectivity index (χ4v) is 2.79. The Morgan fingerprint density at radius 3 is 2.59 bits per heavy atom. The van der Waals surface area contributed by atoms with Crippen molar-refractivity contribution in [1.82, 2.24) is 4.90 Å². The highest BCUT2D eigenvalue weighted by atomic mass is 32.1. The molecule has 1 amide bonds. The van der Waals surface area contributed by atoms with E-state index >= 15 is 0 Å². The molecule has 0 fully saturated rings. The molecule has 1 aromatic heterocycles. The Bertz CT molecular complexity index is 673. The second-order valence-corrected chi connectivity index (χ2v) is 6.05. The topological polar surface area (TPSA) is 37.4 Å². The highest BCUT2D eigenvalue weighted by molar-refractivity contribution is 7.12. The SMILES string of the molecule is CC(=O)c1cc(CC(=O)N(C)CC=Cc2ccccc2)cs1. The maximum absolute atomic E-state index is 12.1. The van der Waals surface area contributed by atoms with Crippen LogP contribution in [0.1, 0.15) is 27.7 Å². The molecule has 1 heterocycles. The molecule has 1 aromatic carbocycles. The second-order valence-electron chi connectivity index (χ2n) is 5.14. The average molecular weight is 313 g/mol. The van der Waals surface area contributed by atoms with Crippen LogP contribution in [0, 0.1) is 0 Å². The van der Waals surface area contributed by atoms with Gasteiger partial charge in [0.05, 0.1) is 11.3 Å². The van der Waals surface area contributed by atoms with E-state index in [4.69, 9.17) is 0 Å². The molecule has 0 saturated carbocycles.